The van der Waals surface area contributed by atoms with Crippen molar-refractivity contribution in [3.8, 4) is 0 Å². The molecule has 0 aromatic heterocycles. The molecule has 0 saturated carbocycles. The molecule has 0 bridgehead atoms. The lowest BCUT2D eigenvalue weighted by Gasteiger charge is -2.06. The van der Waals surface area contributed by atoms with Gasteiger partial charge < -0.3 is 8.81 Å². The second kappa shape index (κ2) is 4.33. The second-order valence-corrected chi connectivity index (χ2v) is 5.32. The lowest BCUT2D eigenvalue weighted by molar-refractivity contribution is 0.0696. The number of carbonyl (C=O) groups is 1. The van der Waals surface area contributed by atoms with E-state index < -0.39 is 16.0 Å². The van der Waals surface area contributed by atoms with Gasteiger partial charge in [-0.05, 0) is 24.6 Å². The molecule has 2 radical (unpaired) electrons. The predicted octanol–water partition coefficient (Wildman–Crippen LogP) is 0.0550. The van der Waals surface area contributed by atoms with Gasteiger partial charge in [0, 0.05) is 0 Å². The average molecular weight is 241 g/mol. The van der Waals surface area contributed by atoms with Crippen LogP contribution in [0.25, 0.3) is 0 Å². The first-order valence-corrected chi connectivity index (χ1v) is 6.01. The van der Waals surface area contributed by atoms with Gasteiger partial charge in [-0.15, -0.1) is 0 Å². The fourth-order valence-electron chi connectivity index (χ4n) is 1.07. The van der Waals surface area contributed by atoms with Gasteiger partial charge in [-0.2, -0.15) is 0 Å². The number of nitrogens with one attached hydrogen (secondary N) is 1. The van der Waals surface area contributed by atoms with E-state index in [1.54, 1.807) is 6.92 Å². The zero-order chi connectivity index (χ0) is 11.6. The fraction of sp³-hybridized carbons (Fsp3) is 0.125. The number of aryl methyl sites for hydroxylation is 1. The molecule has 2 N–H and O–H groups in total. The number of hydrogen-bond donors (Lipinski definition) is 2. The van der Waals surface area contributed by atoms with E-state index in [2.05, 4.69) is 0 Å². The van der Waals surface area contributed by atoms with E-state index >= 15 is 0 Å². The summed E-state index contributed by atoms with van der Waals surface area (Å²) in [6.45, 7) is 1.61. The molecule has 7 heteroatoms. The van der Waals surface area contributed by atoms with Crippen LogP contribution in [0.3, 0.4) is 0 Å². The average Bonchev–Trinajstić information content (AvgIpc) is 2.17. The highest BCUT2D eigenvalue weighted by molar-refractivity contribution is 7.90. The number of carboxylic acids is 1. The van der Waals surface area contributed by atoms with Crippen molar-refractivity contribution in [3.63, 3.8) is 0 Å². The Morgan fingerprint density at radius 1 is 1.47 bits per heavy atom. The van der Waals surface area contributed by atoms with E-state index in [4.69, 9.17) is 5.11 Å². The maximum atomic E-state index is 11.4. The predicted molar refractivity (Wildman–Crippen MR) is 54.2 cm³/mol. The summed E-state index contributed by atoms with van der Waals surface area (Å²) in [5.41, 5.74) is 0.501. The Morgan fingerprint density at radius 2 is 2.07 bits per heavy atom. The number of aromatic carboxylic acids is 1. The van der Waals surface area contributed by atoms with Crippen LogP contribution in [-0.4, -0.2) is 36.0 Å². The molecule has 0 spiro atoms. The molecule has 5 nitrogen and oxygen atoms in total. The van der Waals surface area contributed by atoms with Crippen LogP contribution in [0, 0.1) is 6.92 Å². The maximum Gasteiger partial charge on any atom is 0.335 e. The minimum absolute atomic E-state index is 0.0173. The van der Waals surface area contributed by atoms with Gasteiger partial charge in [0.05, 0.1) is 10.5 Å². The number of benzene rings is 1. The van der Waals surface area contributed by atoms with E-state index in [1.807, 2.05) is 20.2 Å². The third-order valence-electron chi connectivity index (χ3n) is 1.90. The molecular formula is C8H8AlNO4S. The highest BCUT2D eigenvalue weighted by atomic mass is 32.2. The Balaban J connectivity index is 3.38. The van der Waals surface area contributed by atoms with Gasteiger partial charge in [-0.1, -0.05) is 6.07 Å². The van der Waals surface area contributed by atoms with Crippen molar-refractivity contribution in [2.75, 3.05) is 0 Å². The molecule has 0 aliphatic heterocycles. The summed E-state index contributed by atoms with van der Waals surface area (Å²) in [6, 6.07) is 3.94. The summed E-state index contributed by atoms with van der Waals surface area (Å²) in [6.07, 6.45) is 0. The van der Waals surface area contributed by atoms with Crippen LogP contribution in [0.2, 0.25) is 0 Å². The Bertz CT molecular complexity index is 497. The third kappa shape index (κ3) is 2.58. The number of hydrogen-bond acceptors (Lipinski definition) is 3. The number of carboxylic acid groups (broad SMARTS) is 1. The Labute approximate surface area is 95.8 Å². The van der Waals surface area contributed by atoms with Crippen LogP contribution >= 0.6 is 0 Å². The zero-order valence-electron chi connectivity index (χ0n) is 7.89. The van der Waals surface area contributed by atoms with Gasteiger partial charge >= 0.3 is 5.97 Å². The second-order valence-electron chi connectivity index (χ2n) is 2.90. The molecule has 0 aliphatic rings. The minimum atomic E-state index is -3.62. The molecule has 0 unspecified atom stereocenters. The molecule has 1 rings (SSSR count). The Kier molecular flexibility index (Phi) is 3.52. The Hall–Kier alpha value is -0.868. The zero-order valence-corrected chi connectivity index (χ0v) is 9.86. The van der Waals surface area contributed by atoms with Crippen molar-refractivity contribution < 1.29 is 18.3 Å². The SMILES string of the molecule is Cc1ccc(S(=O)(=O)[NH][Al])cc1C(=O)O. The van der Waals surface area contributed by atoms with Crippen LogP contribution in [-0.2, 0) is 10.0 Å². The van der Waals surface area contributed by atoms with E-state index in [-0.39, 0.29) is 10.5 Å². The van der Waals surface area contributed by atoms with Crippen molar-refractivity contribution in [1.29, 1.82) is 0 Å². The molecule has 0 saturated heterocycles. The van der Waals surface area contributed by atoms with Crippen molar-refractivity contribution in [2.24, 2.45) is 0 Å². The largest absolute Gasteiger partial charge is 0.478 e. The van der Waals surface area contributed by atoms with Crippen LogP contribution in [0.5, 0.6) is 0 Å². The van der Waals surface area contributed by atoms with Crippen LogP contribution in [0.4, 0.5) is 0 Å². The lowest BCUT2D eigenvalue weighted by Crippen LogP contribution is -2.20. The van der Waals surface area contributed by atoms with Gasteiger partial charge in [0.15, 0.2) is 0 Å². The molecule has 78 valence electrons. The first-order chi connectivity index (χ1) is 6.88. The molecule has 0 fully saturated rings. The summed E-state index contributed by atoms with van der Waals surface area (Å²) in [7, 11) is -3.62. The molecular weight excluding hydrogens is 233 g/mol. The smallest absolute Gasteiger partial charge is 0.335 e. The van der Waals surface area contributed by atoms with Crippen LogP contribution < -0.4 is 3.71 Å². The molecule has 1 aromatic rings. The molecule has 0 heterocycles. The van der Waals surface area contributed by atoms with Crippen LogP contribution in [0.15, 0.2) is 23.1 Å². The quantitative estimate of drug-likeness (QED) is 0.733. The van der Waals surface area contributed by atoms with Gasteiger partial charge in [-0.3, -0.25) is 0 Å². The summed E-state index contributed by atoms with van der Waals surface area (Å²) < 4.78 is 24.8. The summed E-state index contributed by atoms with van der Waals surface area (Å²) in [5, 5.41) is 8.81. The minimum Gasteiger partial charge on any atom is -0.478 e. The normalized spacial score (nSPS) is 11.3. The summed E-state index contributed by atoms with van der Waals surface area (Å²) in [5.74, 6) is -1.15. The topological polar surface area (TPSA) is 83.5 Å². The standard InChI is InChI=1S/C8H9NO4S.Al/c1-5-2-3-6(14(9,12)13)4-7(5)8(10)11;/h2-4H,1H3,(H3,9,10,11,12,13);/q;+1/p-1. The summed E-state index contributed by atoms with van der Waals surface area (Å²) in [4.78, 5) is 10.7. The molecule has 15 heavy (non-hydrogen) atoms. The molecule has 0 amide bonds. The maximum absolute atomic E-state index is 11.4. The highest BCUT2D eigenvalue weighted by Crippen LogP contribution is 2.15. The van der Waals surface area contributed by atoms with Crippen molar-refractivity contribution >= 4 is 32.5 Å². The number of sulfonamides is 1. The monoisotopic (exact) mass is 241 g/mol. The highest BCUT2D eigenvalue weighted by Gasteiger charge is 2.14. The molecule has 1 aromatic carbocycles. The van der Waals surface area contributed by atoms with Gasteiger partial charge in [0.1, 0.15) is 0 Å². The van der Waals surface area contributed by atoms with E-state index in [9.17, 15) is 13.2 Å². The van der Waals surface area contributed by atoms with E-state index in [0.29, 0.717) is 5.56 Å². The van der Waals surface area contributed by atoms with Gasteiger partial charge in [-0.25, -0.2) is 13.2 Å². The Morgan fingerprint density at radius 3 is 2.53 bits per heavy atom. The molecule has 0 aliphatic carbocycles. The third-order valence-corrected chi connectivity index (χ3v) is 4.02. The van der Waals surface area contributed by atoms with Gasteiger partial charge in [0.25, 0.3) is 16.5 Å². The first kappa shape index (κ1) is 12.2. The van der Waals surface area contributed by atoms with E-state index in [0.717, 1.165) is 6.07 Å². The van der Waals surface area contributed by atoms with E-state index in [1.165, 1.54) is 12.1 Å². The van der Waals surface area contributed by atoms with Crippen molar-refractivity contribution in [1.82, 2.24) is 3.71 Å². The lowest BCUT2D eigenvalue weighted by atomic mass is 10.1. The van der Waals surface area contributed by atoms with Crippen LogP contribution in [0.1, 0.15) is 15.9 Å². The van der Waals surface area contributed by atoms with Crippen molar-refractivity contribution in [2.45, 2.75) is 11.8 Å². The fourth-order valence-corrected chi connectivity index (χ4v) is 2.13. The molecule has 0 atom stereocenters. The van der Waals surface area contributed by atoms with Gasteiger partial charge in [0.2, 0.25) is 10.0 Å². The number of rotatable bonds is 3. The first-order valence-electron chi connectivity index (χ1n) is 3.95. The van der Waals surface area contributed by atoms with Crippen molar-refractivity contribution in [3.05, 3.63) is 29.3 Å². The summed E-state index contributed by atoms with van der Waals surface area (Å²) >= 11 is 1.86.